The lowest BCUT2D eigenvalue weighted by atomic mass is 9.89. The largest absolute Gasteiger partial charge is 0.481 e. The van der Waals surface area contributed by atoms with Crippen LogP contribution in [0.2, 0.25) is 0 Å². The van der Waals surface area contributed by atoms with E-state index in [1.165, 1.54) is 21.0 Å². The SMILES string of the molecule is COC(=O)CCNC(=O)NC(=O)CC(C)(C)C(=O)O. The van der Waals surface area contributed by atoms with Gasteiger partial charge in [-0.2, -0.15) is 0 Å². The van der Waals surface area contributed by atoms with Crippen LogP contribution in [0.25, 0.3) is 0 Å². The number of carbonyl (C=O) groups is 4. The van der Waals surface area contributed by atoms with Crippen LogP contribution >= 0.6 is 0 Å². The lowest BCUT2D eigenvalue weighted by Crippen LogP contribution is -2.42. The molecule has 0 aromatic heterocycles. The van der Waals surface area contributed by atoms with Crippen molar-refractivity contribution in [2.45, 2.75) is 26.7 Å². The van der Waals surface area contributed by atoms with Gasteiger partial charge in [-0.3, -0.25) is 19.7 Å². The van der Waals surface area contributed by atoms with Crippen LogP contribution in [0.4, 0.5) is 4.79 Å². The summed E-state index contributed by atoms with van der Waals surface area (Å²) < 4.78 is 4.36. The number of carbonyl (C=O) groups excluding carboxylic acids is 3. The monoisotopic (exact) mass is 274 g/mol. The number of carboxylic acids is 1. The van der Waals surface area contributed by atoms with Gasteiger partial charge in [0.15, 0.2) is 0 Å². The number of methoxy groups -OCH3 is 1. The number of urea groups is 1. The molecule has 0 aromatic rings. The molecule has 0 aliphatic carbocycles. The number of aliphatic carboxylic acids is 1. The van der Waals surface area contributed by atoms with Crippen molar-refractivity contribution in [3.05, 3.63) is 0 Å². The van der Waals surface area contributed by atoms with Crippen molar-refractivity contribution in [2.75, 3.05) is 13.7 Å². The van der Waals surface area contributed by atoms with Gasteiger partial charge in [-0.25, -0.2) is 4.79 Å². The van der Waals surface area contributed by atoms with Gasteiger partial charge in [0.2, 0.25) is 5.91 Å². The number of ether oxygens (including phenoxy) is 1. The van der Waals surface area contributed by atoms with E-state index in [1.54, 1.807) is 0 Å². The van der Waals surface area contributed by atoms with Crippen LogP contribution in [0.15, 0.2) is 0 Å². The molecule has 0 fully saturated rings. The first kappa shape index (κ1) is 16.9. The third kappa shape index (κ3) is 7.02. The Bertz CT molecular complexity index is 377. The van der Waals surface area contributed by atoms with E-state index in [0.717, 1.165) is 0 Å². The van der Waals surface area contributed by atoms with Crippen molar-refractivity contribution in [3.8, 4) is 0 Å². The van der Waals surface area contributed by atoms with E-state index in [1.807, 2.05) is 5.32 Å². The van der Waals surface area contributed by atoms with E-state index in [0.29, 0.717) is 0 Å². The molecule has 0 bridgehead atoms. The van der Waals surface area contributed by atoms with Gasteiger partial charge >= 0.3 is 18.0 Å². The van der Waals surface area contributed by atoms with Crippen LogP contribution in [0.3, 0.4) is 0 Å². The fraction of sp³-hybridized carbons (Fsp3) is 0.636. The molecule has 108 valence electrons. The van der Waals surface area contributed by atoms with E-state index in [4.69, 9.17) is 5.11 Å². The number of hydrogen-bond donors (Lipinski definition) is 3. The van der Waals surface area contributed by atoms with E-state index in [2.05, 4.69) is 10.1 Å². The highest BCUT2D eigenvalue weighted by Crippen LogP contribution is 2.19. The van der Waals surface area contributed by atoms with Crippen LogP contribution in [0, 0.1) is 5.41 Å². The standard InChI is InChI=1S/C11H18N2O6/c1-11(2,9(16)17)6-7(14)13-10(18)12-5-4-8(15)19-3/h4-6H2,1-3H3,(H,16,17)(H2,12,13,14,18). The van der Waals surface area contributed by atoms with Gasteiger partial charge in [-0.05, 0) is 13.8 Å². The topological polar surface area (TPSA) is 122 Å². The van der Waals surface area contributed by atoms with E-state index in [9.17, 15) is 19.2 Å². The Morgan fingerprint density at radius 2 is 1.79 bits per heavy atom. The Hall–Kier alpha value is -2.12. The predicted octanol–water partition coefficient (Wildman–Crippen LogP) is -0.124. The first-order chi connectivity index (χ1) is 8.69. The first-order valence-corrected chi connectivity index (χ1v) is 5.57. The minimum absolute atomic E-state index is 0.0151. The summed E-state index contributed by atoms with van der Waals surface area (Å²) in [6.07, 6.45) is -0.342. The molecule has 0 aromatic carbocycles. The molecule has 3 N–H and O–H groups in total. The van der Waals surface area contributed by atoms with Crippen molar-refractivity contribution >= 4 is 23.9 Å². The van der Waals surface area contributed by atoms with E-state index < -0.39 is 29.3 Å². The molecule has 0 heterocycles. The van der Waals surface area contributed by atoms with Crippen LogP contribution < -0.4 is 10.6 Å². The third-order valence-corrected chi connectivity index (χ3v) is 2.28. The molecule has 0 saturated carbocycles. The van der Waals surface area contributed by atoms with Gasteiger partial charge in [0.05, 0.1) is 18.9 Å². The average molecular weight is 274 g/mol. The highest BCUT2D eigenvalue weighted by molar-refractivity contribution is 5.96. The second kappa shape index (κ2) is 7.34. The number of amides is 3. The molecule has 0 aliphatic heterocycles. The van der Waals surface area contributed by atoms with Crippen molar-refractivity contribution in [2.24, 2.45) is 5.41 Å². The van der Waals surface area contributed by atoms with Gasteiger partial charge in [0.25, 0.3) is 0 Å². The second-order valence-electron chi connectivity index (χ2n) is 4.50. The molecule has 0 aliphatic rings. The molecule has 3 amide bonds. The summed E-state index contributed by atoms with van der Waals surface area (Å²) >= 11 is 0. The van der Waals surface area contributed by atoms with Crippen molar-refractivity contribution in [3.63, 3.8) is 0 Å². The number of rotatable bonds is 6. The van der Waals surface area contributed by atoms with Crippen LogP contribution in [-0.4, -0.2) is 42.6 Å². The van der Waals surface area contributed by atoms with E-state index >= 15 is 0 Å². The van der Waals surface area contributed by atoms with E-state index in [-0.39, 0.29) is 19.4 Å². The quantitative estimate of drug-likeness (QED) is 0.580. The minimum Gasteiger partial charge on any atom is -0.481 e. The van der Waals surface area contributed by atoms with Crippen molar-refractivity contribution in [1.82, 2.24) is 10.6 Å². The molecule has 0 radical (unpaired) electrons. The molecule has 8 nitrogen and oxygen atoms in total. The maximum atomic E-state index is 11.4. The highest BCUT2D eigenvalue weighted by atomic mass is 16.5. The molecule has 0 rings (SSSR count). The Kier molecular flexibility index (Phi) is 6.53. The fourth-order valence-electron chi connectivity index (χ4n) is 1.07. The molecule has 0 saturated heterocycles. The maximum Gasteiger partial charge on any atom is 0.321 e. The normalized spacial score (nSPS) is 10.5. The van der Waals surface area contributed by atoms with Gasteiger partial charge in [-0.1, -0.05) is 0 Å². The smallest absolute Gasteiger partial charge is 0.321 e. The summed E-state index contributed by atoms with van der Waals surface area (Å²) in [5, 5.41) is 13.1. The zero-order valence-corrected chi connectivity index (χ0v) is 11.1. The second-order valence-corrected chi connectivity index (χ2v) is 4.50. The molecule has 0 atom stereocenters. The first-order valence-electron chi connectivity index (χ1n) is 5.57. The Balaban J connectivity index is 4.04. The minimum atomic E-state index is -1.25. The number of imide groups is 1. The van der Waals surface area contributed by atoms with Crippen molar-refractivity contribution in [1.29, 1.82) is 0 Å². The number of esters is 1. The van der Waals surface area contributed by atoms with Crippen LogP contribution in [0.5, 0.6) is 0 Å². The van der Waals surface area contributed by atoms with Crippen molar-refractivity contribution < 1.29 is 29.0 Å². The van der Waals surface area contributed by atoms with Gasteiger partial charge in [-0.15, -0.1) is 0 Å². The Morgan fingerprint density at radius 1 is 1.21 bits per heavy atom. The third-order valence-electron chi connectivity index (χ3n) is 2.28. The predicted molar refractivity (Wildman–Crippen MR) is 64.2 cm³/mol. The van der Waals surface area contributed by atoms with Gasteiger partial charge in [0, 0.05) is 13.0 Å². The molecular weight excluding hydrogens is 256 g/mol. The number of hydrogen-bond acceptors (Lipinski definition) is 5. The zero-order valence-electron chi connectivity index (χ0n) is 11.1. The maximum absolute atomic E-state index is 11.4. The lowest BCUT2D eigenvalue weighted by Gasteiger charge is -2.17. The molecule has 19 heavy (non-hydrogen) atoms. The van der Waals surface area contributed by atoms with Crippen LogP contribution in [0.1, 0.15) is 26.7 Å². The number of carboxylic acid groups (broad SMARTS) is 1. The summed E-state index contributed by atoms with van der Waals surface area (Å²) in [7, 11) is 1.22. The van der Waals surface area contributed by atoms with Gasteiger partial charge < -0.3 is 15.2 Å². The Morgan fingerprint density at radius 3 is 2.26 bits per heavy atom. The summed E-state index contributed by atoms with van der Waals surface area (Å²) in [6.45, 7) is 2.78. The zero-order chi connectivity index (χ0) is 15.1. The highest BCUT2D eigenvalue weighted by Gasteiger charge is 2.30. The van der Waals surface area contributed by atoms with Crippen LogP contribution in [-0.2, 0) is 19.1 Å². The van der Waals surface area contributed by atoms with Gasteiger partial charge in [0.1, 0.15) is 0 Å². The fourth-order valence-corrected chi connectivity index (χ4v) is 1.07. The summed E-state index contributed by atoms with van der Waals surface area (Å²) in [5.74, 6) is -2.32. The summed E-state index contributed by atoms with van der Waals surface area (Å²) in [4.78, 5) is 44.2. The summed E-state index contributed by atoms with van der Waals surface area (Å²) in [5.41, 5.74) is -1.25. The Labute approximate surface area is 110 Å². The molecule has 0 spiro atoms. The number of nitrogens with one attached hydrogen (secondary N) is 2. The summed E-state index contributed by atoms with van der Waals surface area (Å²) in [6, 6.07) is -0.782. The molecular formula is C11H18N2O6. The lowest BCUT2D eigenvalue weighted by molar-refractivity contribution is -0.149. The average Bonchev–Trinajstić information content (AvgIpc) is 2.27. The molecule has 8 heteroatoms. The molecule has 0 unspecified atom stereocenters.